The highest BCUT2D eigenvalue weighted by molar-refractivity contribution is 6.36. The maximum atomic E-state index is 6.14. The van der Waals surface area contributed by atoms with Crippen molar-refractivity contribution >= 4 is 29.0 Å². The summed E-state index contributed by atoms with van der Waals surface area (Å²) in [6, 6.07) is 7.40. The molecule has 1 heterocycles. The summed E-state index contributed by atoms with van der Waals surface area (Å²) in [6.45, 7) is 2.00. The SMILES string of the molecule is Cc1ccnc(N)c1Cc1c(Cl)cccc1Cl. The van der Waals surface area contributed by atoms with Crippen molar-refractivity contribution in [3.05, 3.63) is 57.2 Å². The van der Waals surface area contributed by atoms with Crippen molar-refractivity contribution in [3.63, 3.8) is 0 Å². The highest BCUT2D eigenvalue weighted by Crippen LogP contribution is 2.29. The first kappa shape index (κ1) is 12.2. The second-order valence-corrected chi connectivity index (χ2v) is 4.68. The van der Waals surface area contributed by atoms with Gasteiger partial charge < -0.3 is 5.73 Å². The third kappa shape index (κ3) is 2.54. The van der Waals surface area contributed by atoms with Crippen molar-refractivity contribution in [3.8, 4) is 0 Å². The van der Waals surface area contributed by atoms with Crippen molar-refractivity contribution in [2.24, 2.45) is 0 Å². The number of benzene rings is 1. The zero-order chi connectivity index (χ0) is 12.4. The van der Waals surface area contributed by atoms with Gasteiger partial charge in [0.1, 0.15) is 5.82 Å². The summed E-state index contributed by atoms with van der Waals surface area (Å²) in [5.41, 5.74) is 8.83. The Morgan fingerprint density at radius 2 is 1.76 bits per heavy atom. The number of hydrogen-bond donors (Lipinski definition) is 1. The molecule has 0 saturated heterocycles. The van der Waals surface area contributed by atoms with Crippen LogP contribution in [0.2, 0.25) is 10.0 Å². The molecule has 88 valence electrons. The molecule has 0 atom stereocenters. The molecule has 0 fully saturated rings. The van der Waals surface area contributed by atoms with Gasteiger partial charge >= 0.3 is 0 Å². The van der Waals surface area contributed by atoms with Crippen LogP contribution < -0.4 is 5.73 Å². The van der Waals surface area contributed by atoms with Gasteiger partial charge in [0, 0.05) is 28.2 Å². The van der Waals surface area contributed by atoms with Gasteiger partial charge in [0.2, 0.25) is 0 Å². The zero-order valence-electron chi connectivity index (χ0n) is 9.37. The molecule has 0 aliphatic rings. The van der Waals surface area contributed by atoms with Gasteiger partial charge in [-0.05, 0) is 36.2 Å². The molecule has 0 amide bonds. The van der Waals surface area contributed by atoms with Gasteiger partial charge in [-0.3, -0.25) is 0 Å². The molecule has 0 radical (unpaired) electrons. The fraction of sp³-hybridized carbons (Fsp3) is 0.154. The molecule has 0 unspecified atom stereocenters. The Balaban J connectivity index is 2.45. The summed E-state index contributed by atoms with van der Waals surface area (Å²) < 4.78 is 0. The van der Waals surface area contributed by atoms with E-state index in [1.807, 2.05) is 31.2 Å². The number of nitrogens with two attached hydrogens (primary N) is 1. The number of nitrogens with zero attached hydrogens (tertiary/aromatic N) is 1. The number of halogens is 2. The Labute approximate surface area is 110 Å². The molecule has 17 heavy (non-hydrogen) atoms. The van der Waals surface area contributed by atoms with Crippen molar-refractivity contribution in [2.75, 3.05) is 5.73 Å². The molecule has 1 aromatic carbocycles. The minimum Gasteiger partial charge on any atom is -0.383 e. The third-order valence-corrected chi connectivity index (χ3v) is 3.45. The Hall–Kier alpha value is -1.25. The number of rotatable bonds is 2. The van der Waals surface area contributed by atoms with Gasteiger partial charge in [0.25, 0.3) is 0 Å². The molecular weight excluding hydrogens is 255 g/mol. The van der Waals surface area contributed by atoms with Gasteiger partial charge in [-0.2, -0.15) is 0 Å². The molecule has 0 saturated carbocycles. The van der Waals surface area contributed by atoms with Gasteiger partial charge in [-0.25, -0.2) is 4.98 Å². The maximum Gasteiger partial charge on any atom is 0.127 e. The molecule has 2 nitrogen and oxygen atoms in total. The molecule has 0 spiro atoms. The van der Waals surface area contributed by atoms with Crippen LogP contribution in [0.25, 0.3) is 0 Å². The predicted molar refractivity (Wildman–Crippen MR) is 72.7 cm³/mol. The van der Waals surface area contributed by atoms with Gasteiger partial charge in [0.05, 0.1) is 0 Å². The molecule has 0 bridgehead atoms. The van der Waals surface area contributed by atoms with E-state index >= 15 is 0 Å². The highest BCUT2D eigenvalue weighted by Gasteiger charge is 2.10. The standard InChI is InChI=1S/C13H12Cl2N2/c1-8-5-6-17-13(16)9(8)7-10-11(14)3-2-4-12(10)15/h2-6H,7H2,1H3,(H2,16,17). The first-order chi connectivity index (χ1) is 8.09. The highest BCUT2D eigenvalue weighted by atomic mass is 35.5. The van der Waals surface area contributed by atoms with Crippen LogP contribution in [0.1, 0.15) is 16.7 Å². The lowest BCUT2D eigenvalue weighted by Crippen LogP contribution is -2.02. The summed E-state index contributed by atoms with van der Waals surface area (Å²) in [7, 11) is 0. The van der Waals surface area contributed by atoms with E-state index in [1.54, 1.807) is 6.20 Å². The Bertz CT molecular complexity index is 463. The van der Waals surface area contributed by atoms with Crippen LogP contribution >= 0.6 is 23.2 Å². The Morgan fingerprint density at radius 1 is 1.12 bits per heavy atom. The van der Waals surface area contributed by atoms with E-state index in [1.165, 1.54) is 0 Å². The third-order valence-electron chi connectivity index (χ3n) is 2.74. The van der Waals surface area contributed by atoms with Crippen molar-refractivity contribution < 1.29 is 0 Å². The van der Waals surface area contributed by atoms with Crippen molar-refractivity contribution in [1.29, 1.82) is 0 Å². The number of aryl methyl sites for hydroxylation is 1. The van der Waals surface area contributed by atoms with Crippen LogP contribution in [0.15, 0.2) is 30.5 Å². The first-order valence-electron chi connectivity index (χ1n) is 5.22. The molecule has 2 aromatic rings. The van der Waals surface area contributed by atoms with Gasteiger partial charge in [-0.1, -0.05) is 29.3 Å². The largest absolute Gasteiger partial charge is 0.383 e. The molecule has 0 aliphatic carbocycles. The van der Waals surface area contributed by atoms with E-state index < -0.39 is 0 Å². The average Bonchev–Trinajstić information content (AvgIpc) is 2.27. The lowest BCUT2D eigenvalue weighted by Gasteiger charge is -2.11. The summed E-state index contributed by atoms with van der Waals surface area (Å²) in [5.74, 6) is 0.529. The van der Waals surface area contributed by atoms with Crippen LogP contribution in [0, 0.1) is 6.92 Å². The second-order valence-electron chi connectivity index (χ2n) is 3.87. The van der Waals surface area contributed by atoms with E-state index in [-0.39, 0.29) is 0 Å². The normalized spacial score (nSPS) is 10.5. The Morgan fingerprint density at radius 3 is 2.35 bits per heavy atom. The molecule has 4 heteroatoms. The van der Waals surface area contributed by atoms with E-state index in [0.717, 1.165) is 16.7 Å². The summed E-state index contributed by atoms with van der Waals surface area (Å²) in [6.07, 6.45) is 2.30. The monoisotopic (exact) mass is 266 g/mol. The van der Waals surface area contributed by atoms with E-state index in [9.17, 15) is 0 Å². The number of pyridine rings is 1. The summed E-state index contributed by atoms with van der Waals surface area (Å²) in [5, 5.41) is 1.31. The quantitative estimate of drug-likeness (QED) is 0.897. The number of aromatic nitrogens is 1. The number of nitrogen functional groups attached to an aromatic ring is 1. The number of anilines is 1. The molecule has 0 aliphatic heterocycles. The lowest BCUT2D eigenvalue weighted by atomic mass is 10.0. The van der Waals surface area contributed by atoms with Crippen molar-refractivity contribution in [2.45, 2.75) is 13.3 Å². The first-order valence-corrected chi connectivity index (χ1v) is 5.98. The van der Waals surface area contributed by atoms with E-state index in [0.29, 0.717) is 22.3 Å². The van der Waals surface area contributed by atoms with Crippen LogP contribution in [0.4, 0.5) is 5.82 Å². The summed E-state index contributed by atoms with van der Waals surface area (Å²) >= 11 is 12.3. The maximum absolute atomic E-state index is 6.14. The minimum atomic E-state index is 0.529. The molecular formula is C13H12Cl2N2. The van der Waals surface area contributed by atoms with Crippen LogP contribution in [0.3, 0.4) is 0 Å². The smallest absolute Gasteiger partial charge is 0.127 e. The zero-order valence-corrected chi connectivity index (χ0v) is 10.9. The van der Waals surface area contributed by atoms with Crippen LogP contribution in [0.5, 0.6) is 0 Å². The van der Waals surface area contributed by atoms with Crippen LogP contribution in [-0.4, -0.2) is 4.98 Å². The minimum absolute atomic E-state index is 0.529. The molecule has 1 aromatic heterocycles. The van der Waals surface area contributed by atoms with Gasteiger partial charge in [-0.15, -0.1) is 0 Å². The molecule has 2 N–H and O–H groups in total. The number of hydrogen-bond acceptors (Lipinski definition) is 2. The fourth-order valence-corrected chi connectivity index (χ4v) is 2.25. The van der Waals surface area contributed by atoms with Gasteiger partial charge in [0.15, 0.2) is 0 Å². The van der Waals surface area contributed by atoms with Crippen molar-refractivity contribution in [1.82, 2.24) is 4.98 Å². The second kappa shape index (κ2) is 4.94. The summed E-state index contributed by atoms with van der Waals surface area (Å²) in [4.78, 5) is 4.09. The fourth-order valence-electron chi connectivity index (χ4n) is 1.72. The average molecular weight is 267 g/mol. The van der Waals surface area contributed by atoms with E-state index in [2.05, 4.69) is 4.98 Å². The molecule has 2 rings (SSSR count). The predicted octanol–water partition coefficient (Wildman–Crippen LogP) is 3.87. The van der Waals surface area contributed by atoms with E-state index in [4.69, 9.17) is 28.9 Å². The lowest BCUT2D eigenvalue weighted by molar-refractivity contribution is 1.12. The topological polar surface area (TPSA) is 38.9 Å². The Kier molecular flexibility index (Phi) is 3.55. The van der Waals surface area contributed by atoms with Crippen LogP contribution in [-0.2, 0) is 6.42 Å².